The topological polar surface area (TPSA) is 58.1 Å². The summed E-state index contributed by atoms with van der Waals surface area (Å²) < 4.78 is 40.9. The average molecular weight is 428 g/mol. The van der Waals surface area contributed by atoms with E-state index in [1.54, 1.807) is 23.1 Å². The van der Waals surface area contributed by atoms with Crippen LogP contribution in [0, 0.1) is 5.92 Å². The van der Waals surface area contributed by atoms with Gasteiger partial charge in [0, 0.05) is 19.0 Å². The van der Waals surface area contributed by atoms with Crippen LogP contribution in [0.15, 0.2) is 54.6 Å². The lowest BCUT2D eigenvalue weighted by atomic mass is 9.95. The normalized spacial score (nSPS) is 16.3. The molecule has 3 aromatic rings. The Bertz CT molecular complexity index is 1060. The van der Waals surface area contributed by atoms with Crippen molar-refractivity contribution in [1.82, 2.24) is 15.3 Å². The Morgan fingerprint density at radius 2 is 1.58 bits per heavy atom. The molecule has 1 atom stereocenters. The average Bonchev–Trinajstić information content (AvgIpc) is 2.78. The van der Waals surface area contributed by atoms with Crippen molar-refractivity contribution in [1.29, 1.82) is 0 Å². The fourth-order valence-corrected chi connectivity index (χ4v) is 3.91. The van der Waals surface area contributed by atoms with E-state index in [9.17, 15) is 18.0 Å². The summed E-state index contributed by atoms with van der Waals surface area (Å²) in [5.74, 6) is -0.482. The number of fused-ring (bicyclic) bond motifs is 1. The van der Waals surface area contributed by atoms with Crippen molar-refractivity contribution >= 4 is 22.8 Å². The zero-order valence-corrected chi connectivity index (χ0v) is 17.1. The van der Waals surface area contributed by atoms with Crippen LogP contribution in [0.2, 0.25) is 0 Å². The maximum atomic E-state index is 13.6. The maximum absolute atomic E-state index is 13.6. The Morgan fingerprint density at radius 1 is 1.00 bits per heavy atom. The van der Waals surface area contributed by atoms with Crippen molar-refractivity contribution in [3.05, 3.63) is 65.9 Å². The number of anilines is 1. The highest BCUT2D eigenvalue weighted by atomic mass is 19.4. The number of amides is 1. The minimum Gasteiger partial charge on any atom is -0.355 e. The largest absolute Gasteiger partial charge is 0.437 e. The quantitative estimate of drug-likeness (QED) is 0.652. The molecular weight excluding hydrogens is 405 g/mol. The first-order valence-corrected chi connectivity index (χ1v) is 10.3. The zero-order chi connectivity index (χ0) is 22.0. The van der Waals surface area contributed by atoms with Crippen LogP contribution in [-0.4, -0.2) is 29.0 Å². The van der Waals surface area contributed by atoms with Gasteiger partial charge in [-0.1, -0.05) is 42.5 Å². The second kappa shape index (κ2) is 8.53. The number of carbonyl (C=O) groups is 1. The Morgan fingerprint density at radius 3 is 2.19 bits per heavy atom. The molecule has 4 rings (SSSR count). The molecule has 2 heterocycles. The molecule has 162 valence electrons. The van der Waals surface area contributed by atoms with Crippen LogP contribution in [0.25, 0.3) is 11.0 Å². The van der Waals surface area contributed by atoms with Crippen molar-refractivity contribution in [2.24, 2.45) is 5.92 Å². The molecule has 1 aliphatic heterocycles. The number of carbonyl (C=O) groups excluding carboxylic acids is 1. The van der Waals surface area contributed by atoms with Gasteiger partial charge in [0.2, 0.25) is 5.91 Å². The number of benzene rings is 2. The second-order valence-corrected chi connectivity index (χ2v) is 7.78. The summed E-state index contributed by atoms with van der Waals surface area (Å²) in [6.07, 6.45) is -3.69. The lowest BCUT2D eigenvalue weighted by Crippen LogP contribution is -2.42. The number of halogens is 3. The molecule has 1 fully saturated rings. The van der Waals surface area contributed by atoms with Crippen LogP contribution in [0.4, 0.5) is 19.0 Å². The highest BCUT2D eigenvalue weighted by molar-refractivity contribution is 5.80. The summed E-state index contributed by atoms with van der Waals surface area (Å²) in [6, 6.07) is 16.0. The Balaban J connectivity index is 1.47. The molecule has 0 spiro atoms. The van der Waals surface area contributed by atoms with E-state index in [4.69, 9.17) is 0 Å². The number of piperidine rings is 1. The minimum absolute atomic E-state index is 0.0726. The summed E-state index contributed by atoms with van der Waals surface area (Å²) in [7, 11) is 0. The number of rotatable bonds is 4. The van der Waals surface area contributed by atoms with Gasteiger partial charge >= 0.3 is 6.18 Å². The number of hydrogen-bond donors (Lipinski definition) is 1. The fourth-order valence-electron chi connectivity index (χ4n) is 3.91. The van der Waals surface area contributed by atoms with E-state index >= 15 is 0 Å². The van der Waals surface area contributed by atoms with Crippen LogP contribution in [0.3, 0.4) is 0 Å². The zero-order valence-electron chi connectivity index (χ0n) is 17.1. The van der Waals surface area contributed by atoms with Crippen molar-refractivity contribution in [3.8, 4) is 0 Å². The van der Waals surface area contributed by atoms with Crippen LogP contribution in [0.1, 0.15) is 37.1 Å². The van der Waals surface area contributed by atoms with E-state index in [0.29, 0.717) is 31.4 Å². The predicted octanol–water partition coefficient (Wildman–Crippen LogP) is 4.74. The van der Waals surface area contributed by atoms with Crippen molar-refractivity contribution in [2.45, 2.75) is 32.0 Å². The first-order valence-electron chi connectivity index (χ1n) is 10.3. The van der Waals surface area contributed by atoms with Gasteiger partial charge in [-0.15, -0.1) is 0 Å². The summed E-state index contributed by atoms with van der Waals surface area (Å²) in [4.78, 5) is 22.4. The standard InChI is InChI=1S/C23H23F3N4O/c1-15(16-7-3-2-4-8-16)27-22(31)17-11-13-30(14-12-17)21-20(23(24,25)26)28-18-9-5-6-10-19(18)29-21/h2-10,15,17H,11-14H2,1H3,(H,27,31)/t15-/m0/s1. The van der Waals surface area contributed by atoms with Crippen LogP contribution < -0.4 is 10.2 Å². The highest BCUT2D eigenvalue weighted by Crippen LogP contribution is 2.36. The molecule has 1 aromatic heterocycles. The van der Waals surface area contributed by atoms with Crippen LogP contribution in [-0.2, 0) is 11.0 Å². The third-order valence-electron chi connectivity index (χ3n) is 5.64. The molecule has 1 saturated heterocycles. The van der Waals surface area contributed by atoms with Gasteiger partial charge in [0.05, 0.1) is 17.1 Å². The van der Waals surface area contributed by atoms with Crippen molar-refractivity contribution in [3.63, 3.8) is 0 Å². The molecular formula is C23H23F3N4O. The van der Waals surface area contributed by atoms with E-state index in [1.165, 1.54) is 6.07 Å². The molecule has 0 bridgehead atoms. The molecule has 2 aromatic carbocycles. The maximum Gasteiger partial charge on any atom is 0.437 e. The van der Waals surface area contributed by atoms with Crippen LogP contribution >= 0.6 is 0 Å². The summed E-state index contributed by atoms with van der Waals surface area (Å²) in [6.45, 7) is 2.55. The van der Waals surface area contributed by atoms with Gasteiger partial charge in [-0.2, -0.15) is 13.2 Å². The van der Waals surface area contributed by atoms with Gasteiger partial charge in [0.1, 0.15) is 0 Å². The van der Waals surface area contributed by atoms with Gasteiger partial charge in [0.25, 0.3) is 0 Å². The molecule has 31 heavy (non-hydrogen) atoms. The number of nitrogens with zero attached hydrogens (tertiary/aromatic N) is 3. The first-order chi connectivity index (χ1) is 14.8. The predicted molar refractivity (Wildman–Crippen MR) is 112 cm³/mol. The fraction of sp³-hybridized carbons (Fsp3) is 0.348. The molecule has 0 saturated carbocycles. The number of para-hydroxylation sites is 2. The molecule has 1 aliphatic rings. The first kappa shape index (κ1) is 21.1. The monoisotopic (exact) mass is 428 g/mol. The van der Waals surface area contributed by atoms with Crippen molar-refractivity contribution < 1.29 is 18.0 Å². The van der Waals surface area contributed by atoms with E-state index in [0.717, 1.165) is 5.56 Å². The third kappa shape index (κ3) is 4.62. The SMILES string of the molecule is C[C@H](NC(=O)C1CCN(c2nc3ccccc3nc2C(F)(F)F)CC1)c1ccccc1. The molecule has 0 radical (unpaired) electrons. The van der Waals surface area contributed by atoms with E-state index in [1.807, 2.05) is 37.3 Å². The summed E-state index contributed by atoms with van der Waals surface area (Å²) in [5.41, 5.74) is 0.658. The molecule has 1 N–H and O–H groups in total. The van der Waals surface area contributed by atoms with Gasteiger partial charge in [-0.25, -0.2) is 9.97 Å². The molecule has 0 unspecified atom stereocenters. The van der Waals surface area contributed by atoms with E-state index in [2.05, 4.69) is 15.3 Å². The molecule has 1 amide bonds. The number of aromatic nitrogens is 2. The molecule has 5 nitrogen and oxygen atoms in total. The molecule has 0 aliphatic carbocycles. The Labute approximate surface area is 178 Å². The van der Waals surface area contributed by atoms with Gasteiger partial charge in [-0.3, -0.25) is 4.79 Å². The van der Waals surface area contributed by atoms with Crippen LogP contribution in [0.5, 0.6) is 0 Å². The number of hydrogen-bond acceptors (Lipinski definition) is 4. The van der Waals surface area contributed by atoms with Gasteiger partial charge < -0.3 is 10.2 Å². The van der Waals surface area contributed by atoms with Gasteiger partial charge in [-0.05, 0) is 37.5 Å². The van der Waals surface area contributed by atoms with Crippen molar-refractivity contribution in [2.75, 3.05) is 18.0 Å². The smallest absolute Gasteiger partial charge is 0.355 e. The lowest BCUT2D eigenvalue weighted by Gasteiger charge is -2.33. The lowest BCUT2D eigenvalue weighted by molar-refractivity contribution is -0.140. The Kier molecular flexibility index (Phi) is 5.80. The third-order valence-corrected chi connectivity index (χ3v) is 5.64. The minimum atomic E-state index is -4.61. The van der Waals surface area contributed by atoms with Gasteiger partial charge in [0.15, 0.2) is 11.5 Å². The molecule has 8 heteroatoms. The number of alkyl halides is 3. The summed E-state index contributed by atoms with van der Waals surface area (Å²) in [5, 5.41) is 3.01. The second-order valence-electron chi connectivity index (χ2n) is 7.78. The number of nitrogens with one attached hydrogen (secondary N) is 1. The highest BCUT2D eigenvalue weighted by Gasteiger charge is 2.39. The van der Waals surface area contributed by atoms with E-state index < -0.39 is 11.9 Å². The summed E-state index contributed by atoms with van der Waals surface area (Å²) >= 11 is 0. The van der Waals surface area contributed by atoms with E-state index in [-0.39, 0.29) is 29.2 Å². The Hall–Kier alpha value is -3.16.